The lowest BCUT2D eigenvalue weighted by molar-refractivity contribution is -0.118. The van der Waals surface area contributed by atoms with Gasteiger partial charge in [-0.1, -0.05) is 0 Å². The molecule has 5 heteroatoms. The van der Waals surface area contributed by atoms with Crippen LogP contribution in [0.25, 0.3) is 0 Å². The summed E-state index contributed by atoms with van der Waals surface area (Å²) < 4.78 is 0. The lowest BCUT2D eigenvalue weighted by Crippen LogP contribution is -2.24. The Labute approximate surface area is 82.7 Å². The average Bonchev–Trinajstić information content (AvgIpc) is 2.01. The lowest BCUT2D eigenvalue weighted by Gasteiger charge is -2.12. The van der Waals surface area contributed by atoms with E-state index in [9.17, 15) is 4.79 Å². The van der Waals surface area contributed by atoms with Crippen LogP contribution in [0.4, 0.5) is 5.82 Å². The van der Waals surface area contributed by atoms with Crippen LogP contribution in [0.15, 0.2) is 12.4 Å². The summed E-state index contributed by atoms with van der Waals surface area (Å²) in [6.07, 6.45) is 3.57. The number of rotatable bonds is 4. The molecular weight excluding hydrogens is 180 g/mol. The highest BCUT2D eigenvalue weighted by Gasteiger charge is 2.06. The van der Waals surface area contributed by atoms with Crippen LogP contribution in [-0.2, 0) is 4.79 Å². The third kappa shape index (κ3) is 3.38. The summed E-state index contributed by atoms with van der Waals surface area (Å²) in [7, 11) is 0. The molecule has 0 saturated carbocycles. The second kappa shape index (κ2) is 4.55. The normalized spacial score (nSPS) is 12.1. The van der Waals surface area contributed by atoms with Gasteiger partial charge in [-0.3, -0.25) is 9.78 Å². The summed E-state index contributed by atoms with van der Waals surface area (Å²) in [4.78, 5) is 18.8. The molecule has 0 bridgehead atoms. The van der Waals surface area contributed by atoms with E-state index in [0.29, 0.717) is 5.82 Å². The molecule has 0 aromatic carbocycles. The molecule has 0 aliphatic rings. The molecule has 0 fully saturated rings. The van der Waals surface area contributed by atoms with E-state index in [1.165, 1.54) is 0 Å². The Bertz CT molecular complexity index is 326. The molecule has 14 heavy (non-hydrogen) atoms. The Morgan fingerprint density at radius 2 is 2.36 bits per heavy atom. The van der Waals surface area contributed by atoms with Crippen LogP contribution in [-0.4, -0.2) is 21.9 Å². The lowest BCUT2D eigenvalue weighted by atomic mass is 10.2. The van der Waals surface area contributed by atoms with E-state index in [1.54, 1.807) is 12.4 Å². The van der Waals surface area contributed by atoms with Crippen LogP contribution in [0.2, 0.25) is 0 Å². The molecule has 1 rings (SSSR count). The zero-order valence-electron chi connectivity index (χ0n) is 8.32. The number of aromatic nitrogens is 2. The zero-order valence-corrected chi connectivity index (χ0v) is 8.32. The van der Waals surface area contributed by atoms with Crippen molar-refractivity contribution in [3.05, 3.63) is 18.1 Å². The van der Waals surface area contributed by atoms with E-state index >= 15 is 0 Å². The molecule has 76 valence electrons. The van der Waals surface area contributed by atoms with Crippen molar-refractivity contribution < 1.29 is 4.79 Å². The molecule has 0 aliphatic heterocycles. The number of nitrogens with zero attached hydrogens (tertiary/aromatic N) is 2. The van der Waals surface area contributed by atoms with E-state index in [1.807, 2.05) is 13.8 Å². The van der Waals surface area contributed by atoms with Crippen LogP contribution in [0, 0.1) is 6.92 Å². The van der Waals surface area contributed by atoms with Crippen LogP contribution in [0.3, 0.4) is 0 Å². The van der Waals surface area contributed by atoms with Gasteiger partial charge in [-0.2, -0.15) is 0 Å². The van der Waals surface area contributed by atoms with Crippen LogP contribution in [0.1, 0.15) is 19.0 Å². The third-order valence-corrected chi connectivity index (χ3v) is 1.66. The maximum Gasteiger partial charge on any atom is 0.219 e. The first-order chi connectivity index (χ1) is 6.58. The first-order valence-electron chi connectivity index (χ1n) is 4.41. The zero-order chi connectivity index (χ0) is 10.6. The topological polar surface area (TPSA) is 80.9 Å². The summed E-state index contributed by atoms with van der Waals surface area (Å²) in [6, 6.07) is -0.0244. The Kier molecular flexibility index (Phi) is 3.39. The van der Waals surface area contributed by atoms with Gasteiger partial charge in [0.25, 0.3) is 0 Å². The van der Waals surface area contributed by atoms with Gasteiger partial charge in [0.15, 0.2) is 0 Å². The summed E-state index contributed by atoms with van der Waals surface area (Å²) >= 11 is 0. The number of nitrogens with two attached hydrogens (primary N) is 1. The second-order valence-corrected chi connectivity index (χ2v) is 3.26. The largest absolute Gasteiger partial charge is 0.370 e. The van der Waals surface area contributed by atoms with Gasteiger partial charge in [0.05, 0.1) is 11.9 Å². The molecule has 0 spiro atoms. The average molecular weight is 194 g/mol. The van der Waals surface area contributed by atoms with Crippen molar-refractivity contribution in [2.24, 2.45) is 5.73 Å². The highest BCUT2D eigenvalue weighted by Crippen LogP contribution is 2.04. The van der Waals surface area contributed by atoms with E-state index in [2.05, 4.69) is 15.3 Å². The number of amides is 1. The fourth-order valence-electron chi connectivity index (χ4n) is 1.14. The molecule has 3 N–H and O–H groups in total. The number of carbonyl (C=O) groups is 1. The maximum atomic E-state index is 10.6. The van der Waals surface area contributed by atoms with E-state index < -0.39 is 0 Å². The fraction of sp³-hybridized carbons (Fsp3) is 0.444. The van der Waals surface area contributed by atoms with Crippen molar-refractivity contribution in [1.29, 1.82) is 0 Å². The van der Waals surface area contributed by atoms with E-state index in [-0.39, 0.29) is 18.4 Å². The van der Waals surface area contributed by atoms with Gasteiger partial charge in [-0.15, -0.1) is 0 Å². The van der Waals surface area contributed by atoms with E-state index in [0.717, 1.165) is 5.69 Å². The minimum atomic E-state index is -0.328. The quantitative estimate of drug-likeness (QED) is 0.729. The second-order valence-electron chi connectivity index (χ2n) is 3.26. The Balaban J connectivity index is 2.55. The van der Waals surface area contributed by atoms with Crippen molar-refractivity contribution in [3.63, 3.8) is 0 Å². The van der Waals surface area contributed by atoms with Gasteiger partial charge in [-0.25, -0.2) is 4.98 Å². The van der Waals surface area contributed by atoms with Crippen LogP contribution < -0.4 is 11.1 Å². The van der Waals surface area contributed by atoms with E-state index in [4.69, 9.17) is 5.73 Å². The molecule has 1 unspecified atom stereocenters. The van der Waals surface area contributed by atoms with Crippen LogP contribution >= 0.6 is 0 Å². The molecule has 1 atom stereocenters. The SMILES string of the molecule is Cc1cncc(NC(C)CC(N)=O)n1. The fourth-order valence-corrected chi connectivity index (χ4v) is 1.14. The summed E-state index contributed by atoms with van der Waals surface area (Å²) in [5, 5.41) is 3.04. The Morgan fingerprint density at radius 1 is 1.64 bits per heavy atom. The van der Waals surface area contributed by atoms with Crippen molar-refractivity contribution >= 4 is 11.7 Å². The summed E-state index contributed by atoms with van der Waals surface area (Å²) in [5.41, 5.74) is 5.90. The summed E-state index contributed by atoms with van der Waals surface area (Å²) in [6.45, 7) is 3.73. The molecule has 1 aromatic rings. The first kappa shape index (κ1) is 10.4. The third-order valence-electron chi connectivity index (χ3n) is 1.66. The van der Waals surface area contributed by atoms with Gasteiger partial charge in [0.2, 0.25) is 5.91 Å². The van der Waals surface area contributed by atoms with Gasteiger partial charge in [-0.05, 0) is 13.8 Å². The summed E-state index contributed by atoms with van der Waals surface area (Å²) in [5.74, 6) is 0.337. The number of primary amides is 1. The van der Waals surface area contributed by atoms with Gasteiger partial charge < -0.3 is 11.1 Å². The maximum absolute atomic E-state index is 10.6. The molecule has 1 aromatic heterocycles. The van der Waals surface area contributed by atoms with Crippen molar-refractivity contribution in [1.82, 2.24) is 9.97 Å². The van der Waals surface area contributed by atoms with Gasteiger partial charge >= 0.3 is 0 Å². The molecule has 0 saturated heterocycles. The number of nitrogens with one attached hydrogen (secondary N) is 1. The van der Waals surface area contributed by atoms with Crippen LogP contribution in [0.5, 0.6) is 0 Å². The van der Waals surface area contributed by atoms with Gasteiger partial charge in [0, 0.05) is 18.7 Å². The Morgan fingerprint density at radius 3 is 2.93 bits per heavy atom. The predicted molar refractivity (Wildman–Crippen MR) is 53.7 cm³/mol. The highest BCUT2D eigenvalue weighted by atomic mass is 16.1. The number of hydrogen-bond donors (Lipinski definition) is 2. The minimum Gasteiger partial charge on any atom is -0.370 e. The number of anilines is 1. The standard InChI is InChI=1S/C9H14N4O/c1-6(3-8(10)14)12-9-5-11-4-7(2)13-9/h4-6H,3H2,1-2H3,(H2,10,14)(H,12,13). The van der Waals surface area contributed by atoms with Gasteiger partial charge in [0.1, 0.15) is 5.82 Å². The smallest absolute Gasteiger partial charge is 0.219 e. The predicted octanol–water partition coefficient (Wildman–Crippen LogP) is 0.461. The van der Waals surface area contributed by atoms with Crippen molar-refractivity contribution in [2.75, 3.05) is 5.32 Å². The minimum absolute atomic E-state index is 0.0244. The number of aryl methyl sites for hydroxylation is 1. The van der Waals surface area contributed by atoms with Crippen molar-refractivity contribution in [2.45, 2.75) is 26.3 Å². The monoisotopic (exact) mass is 194 g/mol. The molecule has 1 heterocycles. The highest BCUT2D eigenvalue weighted by molar-refractivity contribution is 5.74. The Hall–Kier alpha value is -1.65. The molecule has 0 radical (unpaired) electrons. The molecule has 5 nitrogen and oxygen atoms in total. The molecular formula is C9H14N4O. The molecule has 0 aliphatic carbocycles. The molecule has 1 amide bonds. The number of hydrogen-bond acceptors (Lipinski definition) is 4. The number of carbonyl (C=O) groups excluding carboxylic acids is 1. The first-order valence-corrected chi connectivity index (χ1v) is 4.41. The van der Waals surface area contributed by atoms with Crippen molar-refractivity contribution in [3.8, 4) is 0 Å².